The fourth-order valence-corrected chi connectivity index (χ4v) is 2.80. The number of carbonyl (C=O) groups excluding carboxylic acids is 1. The Kier molecular flexibility index (Phi) is 6.05. The minimum absolute atomic E-state index is 0.0291. The van der Waals surface area contributed by atoms with Crippen molar-refractivity contribution >= 4 is 40.9 Å². The zero-order chi connectivity index (χ0) is 20.1. The summed E-state index contributed by atoms with van der Waals surface area (Å²) >= 11 is 11.8. The maximum absolute atomic E-state index is 12.4. The van der Waals surface area contributed by atoms with Crippen LogP contribution in [0.3, 0.4) is 0 Å². The first kappa shape index (κ1) is 19.6. The van der Waals surface area contributed by atoms with E-state index in [4.69, 9.17) is 27.9 Å². The molecule has 7 heteroatoms. The summed E-state index contributed by atoms with van der Waals surface area (Å²) in [6.45, 7) is 0. The summed E-state index contributed by atoms with van der Waals surface area (Å²) in [5, 5.41) is 12.7. The van der Waals surface area contributed by atoms with Gasteiger partial charge in [-0.15, -0.1) is 0 Å². The number of nitrogens with one attached hydrogen (secondary N) is 1. The molecule has 0 aliphatic rings. The van der Waals surface area contributed by atoms with Gasteiger partial charge in [-0.3, -0.25) is 4.79 Å². The maximum atomic E-state index is 12.4. The van der Waals surface area contributed by atoms with Crippen molar-refractivity contribution < 1.29 is 9.53 Å². The zero-order valence-electron chi connectivity index (χ0n) is 14.8. The highest BCUT2D eigenvalue weighted by atomic mass is 35.5. The van der Waals surface area contributed by atoms with Crippen molar-refractivity contribution in [1.82, 2.24) is 4.57 Å². The van der Waals surface area contributed by atoms with E-state index in [1.807, 2.05) is 53.4 Å². The van der Waals surface area contributed by atoms with E-state index in [1.165, 1.54) is 12.1 Å². The number of hydrogen-bond donors (Lipinski definition) is 1. The van der Waals surface area contributed by atoms with Crippen LogP contribution in [0.4, 0.5) is 5.69 Å². The molecule has 28 heavy (non-hydrogen) atoms. The van der Waals surface area contributed by atoms with Crippen molar-refractivity contribution in [3.05, 3.63) is 82.1 Å². The molecule has 0 saturated carbocycles. The third-order valence-corrected chi connectivity index (χ3v) is 4.68. The van der Waals surface area contributed by atoms with Gasteiger partial charge >= 0.3 is 0 Å². The van der Waals surface area contributed by atoms with Crippen LogP contribution in [0.25, 0.3) is 11.8 Å². The Hall–Kier alpha value is -3.20. The van der Waals surface area contributed by atoms with Crippen molar-refractivity contribution in [2.75, 3.05) is 12.4 Å². The Morgan fingerprint density at radius 2 is 1.89 bits per heavy atom. The topological polar surface area (TPSA) is 67.0 Å². The van der Waals surface area contributed by atoms with Gasteiger partial charge in [-0.05, 0) is 60.2 Å². The summed E-state index contributed by atoms with van der Waals surface area (Å²) in [6.07, 6.45) is 5.19. The minimum Gasteiger partial charge on any atom is -0.497 e. The van der Waals surface area contributed by atoms with Crippen LogP contribution in [-0.4, -0.2) is 17.6 Å². The van der Waals surface area contributed by atoms with Crippen LogP contribution in [0.1, 0.15) is 5.56 Å². The Morgan fingerprint density at radius 3 is 2.54 bits per heavy atom. The van der Waals surface area contributed by atoms with Crippen LogP contribution in [0.15, 0.2) is 66.5 Å². The highest BCUT2D eigenvalue weighted by Crippen LogP contribution is 2.25. The van der Waals surface area contributed by atoms with Gasteiger partial charge in [0.2, 0.25) is 0 Å². The molecule has 0 aliphatic carbocycles. The Balaban J connectivity index is 1.78. The molecule has 0 fully saturated rings. The van der Waals surface area contributed by atoms with E-state index in [0.29, 0.717) is 15.7 Å². The van der Waals surface area contributed by atoms with E-state index >= 15 is 0 Å². The third-order valence-electron chi connectivity index (χ3n) is 3.94. The molecule has 0 spiro atoms. The van der Waals surface area contributed by atoms with E-state index in [1.54, 1.807) is 19.2 Å². The molecule has 5 nitrogen and oxygen atoms in total. The molecular formula is C21H15Cl2N3O2. The minimum atomic E-state index is -0.530. The Labute approximate surface area is 172 Å². The molecule has 140 valence electrons. The highest BCUT2D eigenvalue weighted by Gasteiger charge is 2.11. The average Bonchev–Trinajstić information content (AvgIpc) is 3.17. The van der Waals surface area contributed by atoms with Gasteiger partial charge in [0.15, 0.2) is 0 Å². The zero-order valence-corrected chi connectivity index (χ0v) is 16.3. The molecule has 0 saturated heterocycles. The van der Waals surface area contributed by atoms with Gasteiger partial charge in [0, 0.05) is 23.8 Å². The molecule has 0 atom stereocenters. The largest absolute Gasteiger partial charge is 0.497 e. The summed E-state index contributed by atoms with van der Waals surface area (Å²) in [5.41, 5.74) is 2.07. The van der Waals surface area contributed by atoms with Crippen molar-refractivity contribution in [1.29, 1.82) is 5.26 Å². The molecule has 3 aromatic rings. The van der Waals surface area contributed by atoms with E-state index < -0.39 is 5.91 Å². The SMILES string of the molecule is COc1ccc(-n2ccc(/C=C(\C#N)C(=O)Nc3ccc(Cl)c(Cl)c3)c2)cc1. The summed E-state index contributed by atoms with van der Waals surface area (Å²) in [6, 6.07) is 16.0. The molecule has 1 aromatic heterocycles. The van der Waals surface area contributed by atoms with Gasteiger partial charge in [-0.25, -0.2) is 0 Å². The second kappa shape index (κ2) is 8.66. The van der Waals surface area contributed by atoms with Gasteiger partial charge in [0.05, 0.1) is 17.2 Å². The van der Waals surface area contributed by atoms with Gasteiger partial charge in [0.1, 0.15) is 17.4 Å². The van der Waals surface area contributed by atoms with Gasteiger partial charge in [-0.2, -0.15) is 5.26 Å². The number of benzene rings is 2. The van der Waals surface area contributed by atoms with Crippen LogP contribution in [0.5, 0.6) is 5.75 Å². The lowest BCUT2D eigenvalue weighted by Gasteiger charge is -2.05. The lowest BCUT2D eigenvalue weighted by molar-refractivity contribution is -0.112. The number of hydrogen-bond acceptors (Lipinski definition) is 3. The van der Waals surface area contributed by atoms with Crippen LogP contribution in [0.2, 0.25) is 10.0 Å². The first-order valence-electron chi connectivity index (χ1n) is 8.21. The number of amides is 1. The summed E-state index contributed by atoms with van der Waals surface area (Å²) < 4.78 is 7.04. The molecule has 0 bridgehead atoms. The molecule has 0 radical (unpaired) electrons. The summed E-state index contributed by atoms with van der Waals surface area (Å²) in [4.78, 5) is 12.4. The first-order valence-corrected chi connectivity index (χ1v) is 8.96. The number of aromatic nitrogens is 1. The number of methoxy groups -OCH3 is 1. The maximum Gasteiger partial charge on any atom is 0.266 e. The van der Waals surface area contributed by atoms with Crippen molar-refractivity contribution in [2.45, 2.75) is 0 Å². The van der Waals surface area contributed by atoms with Crippen molar-refractivity contribution in [3.63, 3.8) is 0 Å². The smallest absolute Gasteiger partial charge is 0.266 e. The number of carbonyl (C=O) groups is 1. The lowest BCUT2D eigenvalue weighted by Crippen LogP contribution is -2.13. The predicted molar refractivity (Wildman–Crippen MR) is 111 cm³/mol. The van der Waals surface area contributed by atoms with Crippen LogP contribution in [-0.2, 0) is 4.79 Å². The molecule has 3 rings (SSSR count). The van der Waals surface area contributed by atoms with Crippen molar-refractivity contribution in [2.24, 2.45) is 0 Å². The number of ether oxygens (including phenoxy) is 1. The fraction of sp³-hybridized carbons (Fsp3) is 0.0476. The molecule has 0 unspecified atom stereocenters. The van der Waals surface area contributed by atoms with E-state index in [0.717, 1.165) is 17.0 Å². The summed E-state index contributed by atoms with van der Waals surface area (Å²) in [5.74, 6) is 0.236. The predicted octanol–water partition coefficient (Wildman–Crippen LogP) is 5.34. The number of anilines is 1. The molecule has 2 aromatic carbocycles. The quantitative estimate of drug-likeness (QED) is 0.455. The molecule has 1 N–H and O–H groups in total. The van der Waals surface area contributed by atoms with E-state index in [-0.39, 0.29) is 5.57 Å². The van der Waals surface area contributed by atoms with Crippen molar-refractivity contribution in [3.8, 4) is 17.5 Å². The van der Waals surface area contributed by atoms with Gasteiger partial charge < -0.3 is 14.6 Å². The van der Waals surface area contributed by atoms with E-state index in [2.05, 4.69) is 5.32 Å². The average molecular weight is 412 g/mol. The highest BCUT2D eigenvalue weighted by molar-refractivity contribution is 6.42. The van der Waals surface area contributed by atoms with Crippen LogP contribution >= 0.6 is 23.2 Å². The molecular weight excluding hydrogens is 397 g/mol. The second-order valence-corrected chi connectivity index (χ2v) is 6.62. The first-order chi connectivity index (χ1) is 13.5. The molecule has 1 heterocycles. The second-order valence-electron chi connectivity index (χ2n) is 5.80. The lowest BCUT2D eigenvalue weighted by atomic mass is 10.2. The Bertz CT molecular complexity index is 1080. The van der Waals surface area contributed by atoms with Crippen LogP contribution in [0, 0.1) is 11.3 Å². The molecule has 1 amide bonds. The standard InChI is InChI=1S/C21H15Cl2N3O2/c1-28-18-5-3-17(4-6-18)26-9-8-14(13-26)10-15(12-24)21(27)25-16-2-7-19(22)20(23)11-16/h2-11,13H,1H3,(H,25,27)/b15-10+. The van der Waals surface area contributed by atoms with Crippen LogP contribution < -0.4 is 10.1 Å². The monoisotopic (exact) mass is 411 g/mol. The number of nitriles is 1. The Morgan fingerprint density at radius 1 is 1.14 bits per heavy atom. The summed E-state index contributed by atoms with van der Waals surface area (Å²) in [7, 11) is 1.61. The number of nitrogens with zero attached hydrogens (tertiary/aromatic N) is 2. The number of halogens is 2. The fourth-order valence-electron chi connectivity index (χ4n) is 2.50. The van der Waals surface area contributed by atoms with Gasteiger partial charge in [0.25, 0.3) is 5.91 Å². The number of rotatable bonds is 5. The normalized spacial score (nSPS) is 11.0. The third kappa shape index (κ3) is 4.55. The van der Waals surface area contributed by atoms with E-state index in [9.17, 15) is 10.1 Å². The van der Waals surface area contributed by atoms with Gasteiger partial charge in [-0.1, -0.05) is 23.2 Å². The molecule has 0 aliphatic heterocycles.